The lowest BCUT2D eigenvalue weighted by Gasteiger charge is -2.36. The molecule has 3 unspecified atom stereocenters. The molecule has 5 nitrogen and oxygen atoms in total. The molecule has 0 bridgehead atoms. The van der Waals surface area contributed by atoms with Crippen LogP contribution in [0.25, 0.3) is 0 Å². The van der Waals surface area contributed by atoms with Crippen LogP contribution in [-0.4, -0.2) is 35.8 Å². The van der Waals surface area contributed by atoms with Crippen molar-refractivity contribution in [2.24, 2.45) is 23.3 Å². The maximum Gasteiger partial charge on any atom is 0.225 e. The van der Waals surface area contributed by atoms with Crippen LogP contribution in [0.1, 0.15) is 44.9 Å². The predicted octanol–water partition coefficient (Wildman–Crippen LogP) is 0.618. The summed E-state index contributed by atoms with van der Waals surface area (Å²) >= 11 is 0. The van der Waals surface area contributed by atoms with Gasteiger partial charge < -0.3 is 16.4 Å². The number of rotatable bonds is 3. The van der Waals surface area contributed by atoms with E-state index in [0.717, 1.165) is 45.1 Å². The van der Waals surface area contributed by atoms with Crippen LogP contribution in [0, 0.1) is 11.8 Å². The Labute approximate surface area is 114 Å². The molecule has 0 spiro atoms. The van der Waals surface area contributed by atoms with Gasteiger partial charge in [-0.3, -0.25) is 9.59 Å². The highest BCUT2D eigenvalue weighted by atomic mass is 16.2. The van der Waals surface area contributed by atoms with E-state index in [2.05, 4.69) is 0 Å². The van der Waals surface area contributed by atoms with Gasteiger partial charge in [-0.05, 0) is 38.0 Å². The number of piperidine rings is 1. The molecule has 19 heavy (non-hydrogen) atoms. The van der Waals surface area contributed by atoms with Crippen LogP contribution in [0.15, 0.2) is 0 Å². The van der Waals surface area contributed by atoms with Crippen molar-refractivity contribution >= 4 is 11.8 Å². The first-order chi connectivity index (χ1) is 9.06. The third kappa shape index (κ3) is 3.93. The highest BCUT2D eigenvalue weighted by molar-refractivity contribution is 5.79. The SMILES string of the molecule is NC(=O)CC1CCCN(C(=O)C2CCCC(N)C2)C1. The number of nitrogens with two attached hydrogens (primary N) is 2. The number of likely N-dealkylation sites (tertiary alicyclic amines) is 1. The first kappa shape index (κ1) is 14.3. The van der Waals surface area contributed by atoms with Crippen molar-refractivity contribution in [3.63, 3.8) is 0 Å². The second-order valence-corrected chi connectivity index (χ2v) is 6.09. The fourth-order valence-corrected chi connectivity index (χ4v) is 3.43. The van der Waals surface area contributed by atoms with Crippen molar-refractivity contribution in [1.82, 2.24) is 4.90 Å². The summed E-state index contributed by atoms with van der Waals surface area (Å²) in [6.07, 6.45) is 6.23. The Hall–Kier alpha value is -1.10. The molecule has 4 N–H and O–H groups in total. The van der Waals surface area contributed by atoms with Crippen molar-refractivity contribution in [3.8, 4) is 0 Å². The average Bonchev–Trinajstić information content (AvgIpc) is 2.37. The number of nitrogens with zero attached hydrogens (tertiary/aromatic N) is 1. The smallest absolute Gasteiger partial charge is 0.225 e. The van der Waals surface area contributed by atoms with Crippen LogP contribution in [-0.2, 0) is 9.59 Å². The Morgan fingerprint density at radius 1 is 1.16 bits per heavy atom. The Balaban J connectivity index is 1.89. The van der Waals surface area contributed by atoms with Gasteiger partial charge in [0, 0.05) is 31.5 Å². The lowest BCUT2D eigenvalue weighted by molar-refractivity contribution is -0.139. The van der Waals surface area contributed by atoms with Gasteiger partial charge in [0.2, 0.25) is 11.8 Å². The van der Waals surface area contributed by atoms with E-state index in [-0.39, 0.29) is 29.7 Å². The van der Waals surface area contributed by atoms with Crippen molar-refractivity contribution in [3.05, 3.63) is 0 Å². The Morgan fingerprint density at radius 2 is 1.95 bits per heavy atom. The summed E-state index contributed by atoms with van der Waals surface area (Å²) in [5, 5.41) is 0. The summed E-state index contributed by atoms with van der Waals surface area (Å²) in [5.41, 5.74) is 11.2. The van der Waals surface area contributed by atoms with E-state index in [1.54, 1.807) is 0 Å². The van der Waals surface area contributed by atoms with Gasteiger partial charge in [-0.15, -0.1) is 0 Å². The van der Waals surface area contributed by atoms with Crippen LogP contribution in [0.3, 0.4) is 0 Å². The summed E-state index contributed by atoms with van der Waals surface area (Å²) in [4.78, 5) is 25.4. The molecule has 1 aliphatic carbocycles. The second kappa shape index (κ2) is 6.37. The van der Waals surface area contributed by atoms with Crippen molar-refractivity contribution < 1.29 is 9.59 Å². The Morgan fingerprint density at radius 3 is 2.63 bits per heavy atom. The molecule has 1 aliphatic heterocycles. The number of hydrogen-bond acceptors (Lipinski definition) is 3. The first-order valence-corrected chi connectivity index (χ1v) is 7.39. The summed E-state index contributed by atoms with van der Waals surface area (Å²) in [5.74, 6) is 0.312. The molecule has 1 heterocycles. The van der Waals surface area contributed by atoms with Crippen molar-refractivity contribution in [2.75, 3.05) is 13.1 Å². The van der Waals surface area contributed by atoms with Gasteiger partial charge in [0.15, 0.2) is 0 Å². The molecular weight excluding hydrogens is 242 g/mol. The summed E-state index contributed by atoms with van der Waals surface area (Å²) < 4.78 is 0. The number of primary amides is 1. The van der Waals surface area contributed by atoms with E-state index in [1.807, 2.05) is 4.90 Å². The Kier molecular flexibility index (Phi) is 4.80. The molecule has 5 heteroatoms. The second-order valence-electron chi connectivity index (χ2n) is 6.09. The minimum absolute atomic E-state index is 0.0936. The van der Waals surface area contributed by atoms with Gasteiger partial charge in [-0.25, -0.2) is 0 Å². The molecule has 2 rings (SSSR count). The van der Waals surface area contributed by atoms with E-state index < -0.39 is 0 Å². The van der Waals surface area contributed by atoms with Crippen LogP contribution in [0.5, 0.6) is 0 Å². The van der Waals surface area contributed by atoms with Gasteiger partial charge >= 0.3 is 0 Å². The van der Waals surface area contributed by atoms with Crippen LogP contribution < -0.4 is 11.5 Å². The number of hydrogen-bond donors (Lipinski definition) is 2. The van der Waals surface area contributed by atoms with Gasteiger partial charge in [0.05, 0.1) is 0 Å². The van der Waals surface area contributed by atoms with E-state index in [0.29, 0.717) is 13.0 Å². The summed E-state index contributed by atoms with van der Waals surface area (Å²) in [6.45, 7) is 1.51. The Bertz CT molecular complexity index is 346. The zero-order valence-electron chi connectivity index (χ0n) is 11.5. The maximum absolute atomic E-state index is 12.5. The highest BCUT2D eigenvalue weighted by Crippen LogP contribution is 2.27. The first-order valence-electron chi connectivity index (χ1n) is 7.39. The molecule has 3 atom stereocenters. The maximum atomic E-state index is 12.5. The minimum atomic E-state index is -0.265. The molecule has 2 aliphatic rings. The lowest BCUT2D eigenvalue weighted by Crippen LogP contribution is -2.45. The zero-order chi connectivity index (χ0) is 13.8. The quantitative estimate of drug-likeness (QED) is 0.785. The molecule has 0 aromatic heterocycles. The van der Waals surface area contributed by atoms with Crippen LogP contribution in [0.4, 0.5) is 0 Å². The standard InChI is InChI=1S/C14H25N3O2/c15-12-5-1-4-11(8-12)14(19)17-6-2-3-10(9-17)7-13(16)18/h10-12H,1-9,15H2,(H2,16,18). The summed E-state index contributed by atoms with van der Waals surface area (Å²) in [7, 11) is 0. The van der Waals surface area contributed by atoms with E-state index in [4.69, 9.17) is 11.5 Å². The number of amides is 2. The molecule has 108 valence electrons. The molecule has 1 saturated heterocycles. The molecule has 1 saturated carbocycles. The molecule has 0 radical (unpaired) electrons. The molecular formula is C14H25N3O2. The van der Waals surface area contributed by atoms with Crippen LogP contribution >= 0.6 is 0 Å². The predicted molar refractivity (Wildman–Crippen MR) is 73.0 cm³/mol. The number of carbonyl (C=O) groups is 2. The normalized spacial score (nSPS) is 32.1. The van der Waals surface area contributed by atoms with Gasteiger partial charge in [-0.2, -0.15) is 0 Å². The monoisotopic (exact) mass is 267 g/mol. The lowest BCUT2D eigenvalue weighted by atomic mass is 9.84. The van der Waals surface area contributed by atoms with Crippen molar-refractivity contribution in [1.29, 1.82) is 0 Å². The minimum Gasteiger partial charge on any atom is -0.370 e. The molecule has 2 fully saturated rings. The van der Waals surface area contributed by atoms with E-state index >= 15 is 0 Å². The van der Waals surface area contributed by atoms with Gasteiger partial charge in [-0.1, -0.05) is 6.42 Å². The van der Waals surface area contributed by atoms with E-state index in [9.17, 15) is 9.59 Å². The fourth-order valence-electron chi connectivity index (χ4n) is 3.43. The van der Waals surface area contributed by atoms with Crippen molar-refractivity contribution in [2.45, 2.75) is 51.0 Å². The van der Waals surface area contributed by atoms with Gasteiger partial charge in [0.25, 0.3) is 0 Å². The summed E-state index contributed by atoms with van der Waals surface area (Å²) in [6, 6.07) is 0.175. The molecule has 0 aromatic rings. The third-order valence-electron chi connectivity index (χ3n) is 4.38. The fraction of sp³-hybridized carbons (Fsp3) is 0.857. The zero-order valence-corrected chi connectivity index (χ0v) is 11.5. The largest absolute Gasteiger partial charge is 0.370 e. The third-order valence-corrected chi connectivity index (χ3v) is 4.38. The molecule has 2 amide bonds. The highest BCUT2D eigenvalue weighted by Gasteiger charge is 2.31. The molecule has 0 aromatic carbocycles. The van der Waals surface area contributed by atoms with E-state index in [1.165, 1.54) is 0 Å². The number of carbonyl (C=O) groups excluding carboxylic acids is 2. The topological polar surface area (TPSA) is 89.4 Å². The van der Waals surface area contributed by atoms with Crippen LogP contribution in [0.2, 0.25) is 0 Å². The average molecular weight is 267 g/mol. The van der Waals surface area contributed by atoms with Gasteiger partial charge in [0.1, 0.15) is 0 Å².